The van der Waals surface area contributed by atoms with Crippen molar-refractivity contribution >= 4 is 42.4 Å². The van der Waals surface area contributed by atoms with E-state index in [-0.39, 0.29) is 0 Å². The molecule has 0 spiro atoms. The van der Waals surface area contributed by atoms with E-state index in [2.05, 4.69) is 121 Å². The minimum Gasteiger partial charge on any atom is -0.228 e. The molecule has 0 aliphatic heterocycles. The monoisotopic (exact) mass is 540 g/mol. The molecule has 0 radical (unpaired) electrons. The van der Waals surface area contributed by atoms with Gasteiger partial charge < -0.3 is 0 Å². The van der Waals surface area contributed by atoms with E-state index in [4.69, 9.17) is 9.97 Å². The van der Waals surface area contributed by atoms with E-state index < -0.39 is 0 Å². The number of rotatable bonds is 4. The quantitative estimate of drug-likeness (QED) is 0.222. The number of benzene rings is 6. The van der Waals surface area contributed by atoms with Crippen molar-refractivity contribution in [2.45, 2.75) is 0 Å². The molecule has 0 fully saturated rings. The van der Waals surface area contributed by atoms with Gasteiger partial charge in [0.1, 0.15) is 0 Å². The van der Waals surface area contributed by atoms with Crippen LogP contribution < -0.4 is 0 Å². The predicted octanol–water partition coefficient (Wildman–Crippen LogP) is 10.7. The molecule has 2 nitrogen and oxygen atoms in total. The molecule has 0 saturated carbocycles. The van der Waals surface area contributed by atoms with Crippen LogP contribution in [0.4, 0.5) is 0 Å². The van der Waals surface area contributed by atoms with Crippen molar-refractivity contribution in [2.75, 3.05) is 0 Å². The smallest absolute Gasteiger partial charge is 0.160 e. The number of aromatic nitrogens is 2. The fourth-order valence-corrected chi connectivity index (χ4v) is 6.83. The highest BCUT2D eigenvalue weighted by molar-refractivity contribution is 7.25. The minimum atomic E-state index is 0.740. The molecule has 6 aromatic carbocycles. The summed E-state index contributed by atoms with van der Waals surface area (Å²) in [6.45, 7) is 0. The van der Waals surface area contributed by atoms with Crippen LogP contribution in [0.25, 0.3) is 76.0 Å². The van der Waals surface area contributed by atoms with Crippen LogP contribution in [0.15, 0.2) is 146 Å². The third kappa shape index (κ3) is 4.19. The van der Waals surface area contributed by atoms with Crippen LogP contribution in [0.3, 0.4) is 0 Å². The lowest BCUT2D eigenvalue weighted by molar-refractivity contribution is 1.23. The van der Waals surface area contributed by atoms with Gasteiger partial charge in [0.2, 0.25) is 0 Å². The Morgan fingerprint density at radius 2 is 1.07 bits per heavy atom. The summed E-state index contributed by atoms with van der Waals surface area (Å²) >= 11 is 1.86. The zero-order chi connectivity index (χ0) is 27.2. The summed E-state index contributed by atoms with van der Waals surface area (Å²) in [5.74, 6) is 0.740. The Kier molecular flexibility index (Phi) is 5.68. The van der Waals surface area contributed by atoms with Crippen molar-refractivity contribution in [2.24, 2.45) is 0 Å². The average Bonchev–Trinajstić information content (AvgIpc) is 3.44. The van der Waals surface area contributed by atoms with Gasteiger partial charge in [-0.25, -0.2) is 9.97 Å². The molecule has 3 heteroatoms. The second-order valence-corrected chi connectivity index (χ2v) is 11.3. The van der Waals surface area contributed by atoms with E-state index in [1.54, 1.807) is 0 Å². The lowest BCUT2D eigenvalue weighted by Gasteiger charge is -2.12. The molecule has 2 heterocycles. The Balaban J connectivity index is 1.24. The standard InChI is InChI=1S/C38H24N2S/c1-3-10-27(11-4-1)37-32-24-29(22-23-33(32)39-38(40-37)28-12-5-2-6-13-28)25-18-20-26(21-19-25)30-15-9-17-35-36(30)31-14-7-8-16-34(31)41-35/h1-24H. The molecule has 0 amide bonds. The van der Waals surface area contributed by atoms with Gasteiger partial charge in [-0.2, -0.15) is 0 Å². The number of fused-ring (bicyclic) bond motifs is 4. The molecule has 0 unspecified atom stereocenters. The molecule has 0 saturated heterocycles. The van der Waals surface area contributed by atoms with Crippen molar-refractivity contribution < 1.29 is 0 Å². The van der Waals surface area contributed by atoms with Crippen LogP contribution in [0.2, 0.25) is 0 Å². The van der Waals surface area contributed by atoms with Gasteiger partial charge in [-0.3, -0.25) is 0 Å². The maximum absolute atomic E-state index is 5.07. The van der Waals surface area contributed by atoms with E-state index in [0.717, 1.165) is 39.1 Å². The average molecular weight is 541 g/mol. The van der Waals surface area contributed by atoms with Crippen molar-refractivity contribution in [1.29, 1.82) is 0 Å². The lowest BCUT2D eigenvalue weighted by atomic mass is 9.96. The fraction of sp³-hybridized carbons (Fsp3) is 0. The first-order valence-corrected chi connectivity index (χ1v) is 14.6. The van der Waals surface area contributed by atoms with Gasteiger partial charge in [0.05, 0.1) is 11.2 Å². The SMILES string of the molecule is c1ccc(-c2nc(-c3ccccc3)c3cc(-c4ccc(-c5cccc6sc7ccccc7c56)cc4)ccc3n2)cc1. The Morgan fingerprint density at radius 3 is 1.88 bits per heavy atom. The van der Waals surface area contributed by atoms with Crippen LogP contribution >= 0.6 is 11.3 Å². The highest BCUT2D eigenvalue weighted by atomic mass is 32.1. The van der Waals surface area contributed by atoms with Gasteiger partial charge >= 0.3 is 0 Å². The second-order valence-electron chi connectivity index (χ2n) is 10.2. The van der Waals surface area contributed by atoms with E-state index in [1.165, 1.54) is 36.9 Å². The number of nitrogens with zero attached hydrogens (tertiary/aromatic N) is 2. The van der Waals surface area contributed by atoms with Gasteiger partial charge in [-0.05, 0) is 46.5 Å². The normalized spacial score (nSPS) is 11.4. The van der Waals surface area contributed by atoms with Crippen LogP contribution in [0.5, 0.6) is 0 Å². The highest BCUT2D eigenvalue weighted by Crippen LogP contribution is 2.40. The molecular weight excluding hydrogens is 516 g/mol. The maximum Gasteiger partial charge on any atom is 0.160 e. The molecule has 0 atom stereocenters. The highest BCUT2D eigenvalue weighted by Gasteiger charge is 2.14. The van der Waals surface area contributed by atoms with Crippen molar-refractivity contribution in [3.8, 4) is 44.9 Å². The second kappa shape index (κ2) is 9.81. The van der Waals surface area contributed by atoms with E-state index in [9.17, 15) is 0 Å². The molecule has 41 heavy (non-hydrogen) atoms. The van der Waals surface area contributed by atoms with Crippen LogP contribution in [-0.4, -0.2) is 9.97 Å². The van der Waals surface area contributed by atoms with Crippen LogP contribution in [-0.2, 0) is 0 Å². The first-order valence-electron chi connectivity index (χ1n) is 13.8. The fourth-order valence-electron chi connectivity index (χ4n) is 5.70. The van der Waals surface area contributed by atoms with E-state index in [0.29, 0.717) is 0 Å². The lowest BCUT2D eigenvalue weighted by Crippen LogP contribution is -1.95. The largest absolute Gasteiger partial charge is 0.228 e. The zero-order valence-corrected chi connectivity index (χ0v) is 23.0. The van der Waals surface area contributed by atoms with Gasteiger partial charge in [0, 0.05) is 36.7 Å². The Morgan fingerprint density at radius 1 is 0.415 bits per heavy atom. The molecule has 8 aromatic rings. The molecule has 192 valence electrons. The Labute approximate surface area is 242 Å². The molecule has 0 aliphatic carbocycles. The molecule has 2 aromatic heterocycles. The van der Waals surface area contributed by atoms with Crippen molar-refractivity contribution in [1.82, 2.24) is 9.97 Å². The number of hydrogen-bond donors (Lipinski definition) is 0. The van der Waals surface area contributed by atoms with Crippen molar-refractivity contribution in [3.05, 3.63) is 146 Å². The predicted molar refractivity (Wildman–Crippen MR) is 174 cm³/mol. The van der Waals surface area contributed by atoms with Crippen LogP contribution in [0.1, 0.15) is 0 Å². The van der Waals surface area contributed by atoms with E-state index in [1.807, 2.05) is 35.6 Å². The third-order valence-electron chi connectivity index (χ3n) is 7.71. The summed E-state index contributed by atoms with van der Waals surface area (Å²) in [7, 11) is 0. The van der Waals surface area contributed by atoms with Crippen LogP contribution in [0, 0.1) is 0 Å². The van der Waals surface area contributed by atoms with E-state index >= 15 is 0 Å². The first-order chi connectivity index (χ1) is 20.3. The summed E-state index contributed by atoms with van der Waals surface area (Å²) in [5, 5.41) is 3.71. The maximum atomic E-state index is 5.07. The zero-order valence-electron chi connectivity index (χ0n) is 22.2. The molecule has 0 bridgehead atoms. The number of hydrogen-bond acceptors (Lipinski definition) is 3. The molecule has 0 aliphatic rings. The molecular formula is C38H24N2S. The van der Waals surface area contributed by atoms with Crippen molar-refractivity contribution in [3.63, 3.8) is 0 Å². The Hall–Kier alpha value is -5.12. The molecule has 0 N–H and O–H groups in total. The van der Waals surface area contributed by atoms with Gasteiger partial charge in [-0.15, -0.1) is 11.3 Å². The van der Waals surface area contributed by atoms with Gasteiger partial charge in [0.25, 0.3) is 0 Å². The number of thiophene rings is 1. The first kappa shape index (κ1) is 23.7. The summed E-state index contributed by atoms with van der Waals surface area (Å²) in [4.78, 5) is 10.0. The molecule has 8 rings (SSSR count). The summed E-state index contributed by atoms with van der Waals surface area (Å²) in [6, 6.07) is 51.4. The minimum absolute atomic E-state index is 0.740. The van der Waals surface area contributed by atoms with Gasteiger partial charge in [-0.1, -0.05) is 121 Å². The summed E-state index contributed by atoms with van der Waals surface area (Å²) < 4.78 is 2.65. The third-order valence-corrected chi connectivity index (χ3v) is 8.84. The summed E-state index contributed by atoms with van der Waals surface area (Å²) in [6.07, 6.45) is 0. The Bertz CT molecular complexity index is 2180. The topological polar surface area (TPSA) is 25.8 Å². The summed E-state index contributed by atoms with van der Waals surface area (Å²) in [5.41, 5.74) is 8.81. The van der Waals surface area contributed by atoms with Gasteiger partial charge in [0.15, 0.2) is 5.82 Å².